The van der Waals surface area contributed by atoms with Crippen LogP contribution < -0.4 is 24.3 Å². The Hall–Kier alpha value is -3.75. The summed E-state index contributed by atoms with van der Waals surface area (Å²) in [5, 5.41) is 2.60. The van der Waals surface area contributed by atoms with E-state index in [2.05, 4.69) is 10.1 Å². The number of rotatable bonds is 9. The van der Waals surface area contributed by atoms with Crippen molar-refractivity contribution in [1.82, 2.24) is 0 Å². The van der Waals surface area contributed by atoms with E-state index in [1.807, 2.05) is 0 Å². The Balaban J connectivity index is 1.62. The number of amides is 1. The van der Waals surface area contributed by atoms with Crippen LogP contribution in [-0.2, 0) is 6.61 Å². The SMILES string of the molecule is COc1cccc(OCc2ccc(C(=O)Nc3ccc(OC(F)F)c(OC)c3)o2)c1. The molecule has 1 N–H and O–H groups in total. The molecule has 1 amide bonds. The number of nitrogens with one attached hydrogen (secondary N) is 1. The zero-order chi connectivity index (χ0) is 21.5. The summed E-state index contributed by atoms with van der Waals surface area (Å²) < 4.78 is 50.4. The lowest BCUT2D eigenvalue weighted by Gasteiger charge is -2.11. The fourth-order valence-electron chi connectivity index (χ4n) is 2.55. The number of alkyl halides is 2. The highest BCUT2D eigenvalue weighted by Crippen LogP contribution is 2.31. The van der Waals surface area contributed by atoms with E-state index in [-0.39, 0.29) is 23.9 Å². The van der Waals surface area contributed by atoms with Gasteiger partial charge < -0.3 is 28.7 Å². The van der Waals surface area contributed by atoms with E-state index in [0.717, 1.165) is 0 Å². The van der Waals surface area contributed by atoms with Crippen molar-refractivity contribution < 1.29 is 36.9 Å². The maximum Gasteiger partial charge on any atom is 0.387 e. The second-order valence-electron chi connectivity index (χ2n) is 5.93. The highest BCUT2D eigenvalue weighted by molar-refractivity contribution is 6.02. The van der Waals surface area contributed by atoms with Gasteiger partial charge in [-0.05, 0) is 36.4 Å². The van der Waals surface area contributed by atoms with Gasteiger partial charge >= 0.3 is 6.61 Å². The van der Waals surface area contributed by atoms with Gasteiger partial charge in [0.1, 0.15) is 23.9 Å². The summed E-state index contributed by atoms with van der Waals surface area (Å²) in [7, 11) is 2.87. The van der Waals surface area contributed by atoms with E-state index in [0.29, 0.717) is 22.9 Å². The van der Waals surface area contributed by atoms with Gasteiger partial charge in [-0.25, -0.2) is 0 Å². The minimum absolute atomic E-state index is 0.0555. The molecule has 1 aromatic heterocycles. The number of ether oxygens (including phenoxy) is 4. The van der Waals surface area contributed by atoms with Crippen LogP contribution in [-0.4, -0.2) is 26.7 Å². The number of carbonyl (C=O) groups excluding carboxylic acids is 1. The van der Waals surface area contributed by atoms with Crippen LogP contribution in [0, 0.1) is 0 Å². The van der Waals surface area contributed by atoms with E-state index in [4.69, 9.17) is 18.6 Å². The van der Waals surface area contributed by atoms with Crippen molar-refractivity contribution in [2.45, 2.75) is 13.2 Å². The van der Waals surface area contributed by atoms with Crippen molar-refractivity contribution in [1.29, 1.82) is 0 Å². The van der Waals surface area contributed by atoms with Crippen LogP contribution in [0.3, 0.4) is 0 Å². The average Bonchev–Trinajstić information content (AvgIpc) is 3.22. The van der Waals surface area contributed by atoms with Gasteiger partial charge in [-0.15, -0.1) is 0 Å². The van der Waals surface area contributed by atoms with Crippen molar-refractivity contribution in [2.24, 2.45) is 0 Å². The molecule has 7 nitrogen and oxygen atoms in total. The molecule has 0 saturated heterocycles. The molecule has 0 fully saturated rings. The quantitative estimate of drug-likeness (QED) is 0.540. The summed E-state index contributed by atoms with van der Waals surface area (Å²) in [6, 6.07) is 14.3. The topological polar surface area (TPSA) is 79.2 Å². The molecule has 2 aromatic carbocycles. The molecule has 0 bridgehead atoms. The second-order valence-corrected chi connectivity index (χ2v) is 5.93. The van der Waals surface area contributed by atoms with Gasteiger partial charge in [0.25, 0.3) is 5.91 Å². The molecule has 0 unspecified atom stereocenters. The summed E-state index contributed by atoms with van der Waals surface area (Å²) in [6.07, 6.45) is 0. The molecule has 30 heavy (non-hydrogen) atoms. The zero-order valence-corrected chi connectivity index (χ0v) is 16.2. The van der Waals surface area contributed by atoms with E-state index in [1.165, 1.54) is 31.4 Å². The molecule has 0 radical (unpaired) electrons. The molecule has 0 aliphatic rings. The summed E-state index contributed by atoms with van der Waals surface area (Å²) in [4.78, 5) is 12.4. The highest BCUT2D eigenvalue weighted by Gasteiger charge is 2.15. The first-order valence-corrected chi connectivity index (χ1v) is 8.78. The average molecular weight is 419 g/mol. The third kappa shape index (κ3) is 5.40. The lowest BCUT2D eigenvalue weighted by molar-refractivity contribution is -0.0512. The summed E-state index contributed by atoms with van der Waals surface area (Å²) in [6.45, 7) is -2.87. The molecule has 3 aromatic rings. The van der Waals surface area contributed by atoms with Gasteiger partial charge in [0.05, 0.1) is 14.2 Å². The van der Waals surface area contributed by atoms with E-state index < -0.39 is 12.5 Å². The minimum Gasteiger partial charge on any atom is -0.497 e. The number of benzene rings is 2. The predicted molar refractivity (Wildman–Crippen MR) is 104 cm³/mol. The molecule has 0 aliphatic heterocycles. The highest BCUT2D eigenvalue weighted by atomic mass is 19.3. The molecule has 0 atom stereocenters. The van der Waals surface area contributed by atoms with Gasteiger partial charge in [0, 0.05) is 17.8 Å². The largest absolute Gasteiger partial charge is 0.497 e. The molecule has 3 rings (SSSR count). The Morgan fingerprint density at radius 1 is 1.00 bits per heavy atom. The van der Waals surface area contributed by atoms with Gasteiger partial charge in [0.2, 0.25) is 0 Å². The van der Waals surface area contributed by atoms with Crippen molar-refractivity contribution in [3.05, 3.63) is 66.1 Å². The molecule has 158 valence electrons. The lowest BCUT2D eigenvalue weighted by Crippen LogP contribution is -2.11. The number of halogens is 2. The first kappa shape index (κ1) is 21.0. The van der Waals surface area contributed by atoms with E-state index in [1.54, 1.807) is 37.4 Å². The van der Waals surface area contributed by atoms with Crippen molar-refractivity contribution in [2.75, 3.05) is 19.5 Å². The molecule has 0 aliphatic carbocycles. The van der Waals surface area contributed by atoms with Crippen molar-refractivity contribution in [3.63, 3.8) is 0 Å². The minimum atomic E-state index is -2.99. The second kappa shape index (κ2) is 9.64. The molecular formula is C21H19F2NO6. The van der Waals surface area contributed by atoms with E-state index >= 15 is 0 Å². The fourth-order valence-corrected chi connectivity index (χ4v) is 2.55. The number of furan rings is 1. The monoisotopic (exact) mass is 419 g/mol. The zero-order valence-electron chi connectivity index (χ0n) is 16.2. The van der Waals surface area contributed by atoms with Crippen molar-refractivity contribution >= 4 is 11.6 Å². The lowest BCUT2D eigenvalue weighted by atomic mass is 10.2. The molecule has 0 spiro atoms. The van der Waals surface area contributed by atoms with Crippen LogP contribution in [0.15, 0.2) is 59.0 Å². The van der Waals surface area contributed by atoms with Crippen LogP contribution in [0.2, 0.25) is 0 Å². The Morgan fingerprint density at radius 2 is 1.80 bits per heavy atom. The fraction of sp³-hybridized carbons (Fsp3) is 0.190. The van der Waals surface area contributed by atoms with Gasteiger partial charge in [-0.1, -0.05) is 6.07 Å². The summed E-state index contributed by atoms with van der Waals surface area (Å²) in [5.41, 5.74) is 0.323. The molecule has 0 saturated carbocycles. The predicted octanol–water partition coefficient (Wildman–Crippen LogP) is 4.73. The number of hydrogen-bond acceptors (Lipinski definition) is 6. The van der Waals surface area contributed by atoms with Crippen LogP contribution in [0.25, 0.3) is 0 Å². The van der Waals surface area contributed by atoms with Crippen LogP contribution >= 0.6 is 0 Å². The maximum absolute atomic E-state index is 12.4. The first-order chi connectivity index (χ1) is 14.5. The van der Waals surface area contributed by atoms with Gasteiger partial charge in [-0.3, -0.25) is 4.79 Å². The maximum atomic E-state index is 12.4. The van der Waals surface area contributed by atoms with Gasteiger partial charge in [-0.2, -0.15) is 8.78 Å². The smallest absolute Gasteiger partial charge is 0.387 e. The Labute approximate surface area is 171 Å². The van der Waals surface area contributed by atoms with Crippen LogP contribution in [0.4, 0.5) is 14.5 Å². The standard InChI is InChI=1S/C21H19F2NO6/c1-26-14-4-3-5-15(11-14)28-12-16-7-9-18(29-16)20(25)24-13-6-8-17(30-21(22)23)19(10-13)27-2/h3-11,21H,12H2,1-2H3,(H,24,25). The summed E-state index contributed by atoms with van der Waals surface area (Å²) in [5.74, 6) is 1.15. The van der Waals surface area contributed by atoms with E-state index in [9.17, 15) is 13.6 Å². The first-order valence-electron chi connectivity index (χ1n) is 8.78. The third-order valence-corrected chi connectivity index (χ3v) is 3.95. The Morgan fingerprint density at radius 3 is 2.53 bits per heavy atom. The normalized spacial score (nSPS) is 10.6. The molecular weight excluding hydrogens is 400 g/mol. The molecule has 9 heteroatoms. The Bertz CT molecular complexity index is 1000. The van der Waals surface area contributed by atoms with Crippen LogP contribution in [0.5, 0.6) is 23.0 Å². The number of anilines is 1. The number of methoxy groups -OCH3 is 2. The number of hydrogen-bond donors (Lipinski definition) is 1. The number of carbonyl (C=O) groups is 1. The van der Waals surface area contributed by atoms with Crippen molar-refractivity contribution in [3.8, 4) is 23.0 Å². The molecule has 1 heterocycles. The third-order valence-electron chi connectivity index (χ3n) is 3.95. The van der Waals surface area contributed by atoms with Gasteiger partial charge in [0.15, 0.2) is 17.3 Å². The van der Waals surface area contributed by atoms with Crippen LogP contribution in [0.1, 0.15) is 16.3 Å². The Kier molecular flexibility index (Phi) is 6.74. The summed E-state index contributed by atoms with van der Waals surface area (Å²) >= 11 is 0.